The van der Waals surface area contributed by atoms with E-state index in [-0.39, 0.29) is 5.41 Å². The summed E-state index contributed by atoms with van der Waals surface area (Å²) in [5.74, 6) is 0. The number of nitrogens with zero attached hydrogens (tertiary/aromatic N) is 2. The predicted octanol–water partition coefficient (Wildman–Crippen LogP) is 19.3. The first kappa shape index (κ1) is 41.7. The van der Waals surface area contributed by atoms with Gasteiger partial charge in [0.05, 0.1) is 11.6 Å². The third-order valence-corrected chi connectivity index (χ3v) is 15.6. The van der Waals surface area contributed by atoms with Gasteiger partial charge in [-0.05, 0) is 187 Å². The number of anilines is 3. The van der Waals surface area contributed by atoms with Crippen molar-refractivity contribution in [2.24, 2.45) is 0 Å². The van der Waals surface area contributed by atoms with E-state index in [0.717, 1.165) is 28.2 Å². The van der Waals surface area contributed by atoms with Gasteiger partial charge in [0.1, 0.15) is 0 Å². The Labute approximate surface area is 418 Å². The van der Waals surface area contributed by atoms with E-state index in [0.29, 0.717) is 5.56 Å². The number of hydrogen-bond donors (Lipinski definition) is 0. The second-order valence-electron chi connectivity index (χ2n) is 19.9. The van der Waals surface area contributed by atoms with Crippen molar-refractivity contribution in [3.8, 4) is 50.6 Å². The first-order valence-electron chi connectivity index (χ1n) is 24.9. The van der Waals surface area contributed by atoms with Gasteiger partial charge in [0.2, 0.25) is 0 Å². The van der Waals surface area contributed by atoms with Crippen LogP contribution in [0.1, 0.15) is 30.5 Å². The minimum absolute atomic E-state index is 0.150. The first-order chi connectivity index (χ1) is 35.4. The minimum atomic E-state index is -0.150. The Balaban J connectivity index is 0.994. The van der Waals surface area contributed by atoms with Crippen LogP contribution in [0.3, 0.4) is 0 Å². The fourth-order valence-electron chi connectivity index (χ4n) is 12.2. The van der Waals surface area contributed by atoms with Crippen LogP contribution in [-0.2, 0) is 5.41 Å². The summed E-state index contributed by atoms with van der Waals surface area (Å²) in [6.45, 7) is 4.66. The maximum atomic E-state index is 9.77. The second-order valence-corrected chi connectivity index (χ2v) is 19.9. The Hall–Kier alpha value is -9.29. The van der Waals surface area contributed by atoms with Gasteiger partial charge in [0.25, 0.3) is 0 Å². The highest BCUT2D eigenvalue weighted by Gasteiger charge is 2.36. The maximum Gasteiger partial charge on any atom is 0.0991 e. The van der Waals surface area contributed by atoms with Crippen molar-refractivity contribution >= 4 is 81.7 Å². The smallest absolute Gasteiger partial charge is 0.0991 e. The summed E-state index contributed by atoms with van der Waals surface area (Å²) in [4.78, 5) is 2.32. The van der Waals surface area contributed by atoms with Gasteiger partial charge < -0.3 is 4.90 Å². The van der Waals surface area contributed by atoms with Crippen LogP contribution < -0.4 is 4.90 Å². The van der Waals surface area contributed by atoms with Crippen molar-refractivity contribution in [2.45, 2.75) is 19.3 Å². The van der Waals surface area contributed by atoms with E-state index >= 15 is 0 Å². The quantitative estimate of drug-likeness (QED) is 0.123. The lowest BCUT2D eigenvalue weighted by atomic mass is 9.81. The maximum absolute atomic E-state index is 9.77. The molecule has 0 fully saturated rings. The van der Waals surface area contributed by atoms with Gasteiger partial charge in [-0.1, -0.05) is 190 Å². The third kappa shape index (κ3) is 6.34. The van der Waals surface area contributed by atoms with E-state index in [9.17, 15) is 5.26 Å². The van der Waals surface area contributed by atoms with Crippen molar-refractivity contribution in [3.63, 3.8) is 0 Å². The summed E-state index contributed by atoms with van der Waals surface area (Å²) in [5, 5.41) is 24.6. The van der Waals surface area contributed by atoms with Gasteiger partial charge >= 0.3 is 0 Å². The molecule has 0 bridgehead atoms. The van der Waals surface area contributed by atoms with Crippen LogP contribution in [0.4, 0.5) is 17.1 Å². The third-order valence-electron chi connectivity index (χ3n) is 15.6. The molecule has 0 saturated heterocycles. The molecule has 1 aliphatic rings. The Morgan fingerprint density at radius 2 is 0.764 bits per heavy atom. The predicted molar refractivity (Wildman–Crippen MR) is 305 cm³/mol. The average Bonchev–Trinajstić information content (AvgIpc) is 3.67. The molecule has 13 aromatic rings. The number of fused-ring (bicyclic) bond motifs is 11. The molecule has 1 aliphatic carbocycles. The molecule has 336 valence electrons. The molecule has 14 rings (SSSR count). The van der Waals surface area contributed by atoms with Crippen LogP contribution in [0.15, 0.2) is 243 Å². The molecular formula is C70H46N2. The molecule has 0 aliphatic heterocycles. The SMILES string of the molecule is CC1(C)c2ccccc2-c2ccc(N(c3ccc(C#N)cc3)c3ccc(-c4ccc5c(-c6cc7ccccc7c7ccccc67)c6ccccc6c(-c6cc7ccccc7c7ccccc67)c5c4)cc3)cc21. The monoisotopic (exact) mass is 914 g/mol. The molecule has 13 aromatic carbocycles. The van der Waals surface area contributed by atoms with Crippen molar-refractivity contribution in [1.29, 1.82) is 5.26 Å². The Kier molecular flexibility index (Phi) is 9.34. The molecule has 0 aromatic heterocycles. The molecule has 0 N–H and O–H groups in total. The summed E-state index contributed by atoms with van der Waals surface area (Å²) in [7, 11) is 0. The summed E-state index contributed by atoms with van der Waals surface area (Å²) in [5.41, 5.74) is 16.1. The van der Waals surface area contributed by atoms with Crippen LogP contribution >= 0.6 is 0 Å². The molecule has 2 heteroatoms. The highest BCUT2D eigenvalue weighted by Crippen LogP contribution is 2.52. The molecule has 0 radical (unpaired) electrons. The van der Waals surface area contributed by atoms with Crippen LogP contribution in [0.25, 0.3) is 109 Å². The fourth-order valence-corrected chi connectivity index (χ4v) is 12.2. The van der Waals surface area contributed by atoms with E-state index in [4.69, 9.17) is 0 Å². The van der Waals surface area contributed by atoms with Gasteiger partial charge in [-0.2, -0.15) is 5.26 Å². The lowest BCUT2D eigenvalue weighted by Crippen LogP contribution is -2.16. The Bertz CT molecular complexity index is 4420. The molecule has 2 nitrogen and oxygen atoms in total. The second kappa shape index (κ2) is 16.1. The fraction of sp³-hybridized carbons (Fsp3) is 0.0429. The van der Waals surface area contributed by atoms with Crippen LogP contribution in [0.5, 0.6) is 0 Å². The molecule has 72 heavy (non-hydrogen) atoms. The number of benzene rings is 13. The van der Waals surface area contributed by atoms with Gasteiger partial charge in [-0.15, -0.1) is 0 Å². The van der Waals surface area contributed by atoms with Crippen LogP contribution in [0, 0.1) is 11.3 Å². The zero-order valence-electron chi connectivity index (χ0n) is 40.0. The summed E-state index contributed by atoms with van der Waals surface area (Å²) >= 11 is 0. The highest BCUT2D eigenvalue weighted by molar-refractivity contribution is 6.28. The molecule has 0 atom stereocenters. The van der Waals surface area contributed by atoms with Crippen molar-refractivity contribution in [1.82, 2.24) is 0 Å². The molecule has 0 saturated carbocycles. The van der Waals surface area contributed by atoms with Crippen molar-refractivity contribution < 1.29 is 0 Å². The molecule has 0 unspecified atom stereocenters. The van der Waals surface area contributed by atoms with E-state index in [2.05, 4.69) is 255 Å². The van der Waals surface area contributed by atoms with Crippen LogP contribution in [0.2, 0.25) is 0 Å². The van der Waals surface area contributed by atoms with E-state index in [1.807, 2.05) is 12.1 Å². The molecule has 0 heterocycles. The summed E-state index contributed by atoms with van der Waals surface area (Å²) in [6, 6.07) is 91.4. The van der Waals surface area contributed by atoms with Gasteiger partial charge in [0, 0.05) is 22.5 Å². The van der Waals surface area contributed by atoms with E-state index in [1.165, 1.54) is 109 Å². The average molecular weight is 915 g/mol. The zero-order chi connectivity index (χ0) is 48.1. The van der Waals surface area contributed by atoms with Crippen LogP contribution in [-0.4, -0.2) is 0 Å². The number of hydrogen-bond acceptors (Lipinski definition) is 2. The first-order valence-corrected chi connectivity index (χ1v) is 24.9. The largest absolute Gasteiger partial charge is 0.310 e. The Morgan fingerprint density at radius 1 is 0.319 bits per heavy atom. The lowest BCUT2D eigenvalue weighted by molar-refractivity contribution is 0.660. The topological polar surface area (TPSA) is 27.0 Å². The Morgan fingerprint density at radius 3 is 1.36 bits per heavy atom. The van der Waals surface area contributed by atoms with Gasteiger partial charge in [0.15, 0.2) is 0 Å². The lowest BCUT2D eigenvalue weighted by Gasteiger charge is -2.28. The molecular weight excluding hydrogens is 869 g/mol. The summed E-state index contributed by atoms with van der Waals surface area (Å²) < 4.78 is 0. The summed E-state index contributed by atoms with van der Waals surface area (Å²) in [6.07, 6.45) is 0. The molecule has 0 amide bonds. The standard InChI is InChI=1S/C70H46N2/c1-70(2)66-26-14-13-23-58(66)59-38-36-51(42-67(59)70)72(49-32-27-44(43-71)28-33-49)50-34-29-45(30-35-50)46-31-37-62-65(39-46)69(64-41-48-16-4-6-18-53(48)55-20-8-10-22-57(55)64)61-25-12-11-24-60(61)68(62)63-40-47-15-3-5-17-52(47)54-19-7-9-21-56(54)63/h3-42H,1-2H3. The minimum Gasteiger partial charge on any atom is -0.310 e. The highest BCUT2D eigenvalue weighted by atomic mass is 15.1. The molecule has 0 spiro atoms. The number of rotatable bonds is 6. The van der Waals surface area contributed by atoms with Gasteiger partial charge in [-0.3, -0.25) is 0 Å². The van der Waals surface area contributed by atoms with E-state index < -0.39 is 0 Å². The zero-order valence-corrected chi connectivity index (χ0v) is 40.0. The van der Waals surface area contributed by atoms with E-state index in [1.54, 1.807) is 0 Å². The van der Waals surface area contributed by atoms with Crippen molar-refractivity contribution in [2.75, 3.05) is 4.90 Å². The normalized spacial score (nSPS) is 12.7. The van der Waals surface area contributed by atoms with Gasteiger partial charge in [-0.25, -0.2) is 0 Å². The van der Waals surface area contributed by atoms with Crippen molar-refractivity contribution in [3.05, 3.63) is 259 Å². The number of nitriles is 1.